The van der Waals surface area contributed by atoms with E-state index in [0.717, 1.165) is 11.1 Å². The number of benzene rings is 2. The fourth-order valence-electron chi connectivity index (χ4n) is 3.88. The molecule has 3 aromatic rings. The van der Waals surface area contributed by atoms with E-state index in [9.17, 15) is 13.2 Å². The summed E-state index contributed by atoms with van der Waals surface area (Å²) < 4.78 is 29.3. The number of nitrogens with one attached hydrogen (secondary N) is 1. The Morgan fingerprint density at radius 2 is 1.77 bits per heavy atom. The van der Waals surface area contributed by atoms with Crippen LogP contribution in [0.4, 0.5) is 0 Å². The van der Waals surface area contributed by atoms with Crippen molar-refractivity contribution >= 4 is 15.9 Å². The van der Waals surface area contributed by atoms with Gasteiger partial charge in [0.2, 0.25) is 0 Å². The topological polar surface area (TPSA) is 84.3 Å². The Labute approximate surface area is 176 Å². The van der Waals surface area contributed by atoms with Crippen LogP contribution in [0.3, 0.4) is 0 Å². The fourth-order valence-corrected chi connectivity index (χ4v) is 5.33. The first-order valence-electron chi connectivity index (χ1n) is 9.76. The third-order valence-corrected chi connectivity index (χ3v) is 7.22. The Hall–Kier alpha value is -2.97. The second kappa shape index (κ2) is 8.04. The second-order valence-corrected chi connectivity index (χ2v) is 9.50. The molecule has 1 aliphatic rings. The number of sulfonamides is 1. The van der Waals surface area contributed by atoms with E-state index in [0.29, 0.717) is 5.56 Å². The maximum absolute atomic E-state index is 13.1. The van der Waals surface area contributed by atoms with Crippen LogP contribution >= 0.6 is 0 Å². The van der Waals surface area contributed by atoms with Crippen LogP contribution < -0.4 is 5.32 Å². The third-order valence-electron chi connectivity index (χ3n) is 5.51. The minimum Gasteiger partial charge on any atom is -0.347 e. The van der Waals surface area contributed by atoms with Gasteiger partial charge in [0.05, 0.1) is 12.4 Å². The van der Waals surface area contributed by atoms with Crippen LogP contribution in [0.5, 0.6) is 0 Å². The molecular weight excluding hydrogens is 400 g/mol. The Bertz CT molecular complexity index is 1160. The molecule has 0 unspecified atom stereocenters. The highest BCUT2D eigenvalue weighted by Gasteiger charge is 2.41. The van der Waals surface area contributed by atoms with Gasteiger partial charge >= 0.3 is 0 Å². The Morgan fingerprint density at radius 3 is 2.43 bits per heavy atom. The molecule has 0 spiro atoms. The number of aryl methyl sites for hydroxylation is 2. The lowest BCUT2D eigenvalue weighted by atomic mass is 9.94. The molecule has 8 heteroatoms. The van der Waals surface area contributed by atoms with Gasteiger partial charge in [-0.3, -0.25) is 4.79 Å². The summed E-state index contributed by atoms with van der Waals surface area (Å²) >= 11 is 0. The number of aromatic nitrogens is 2. The van der Waals surface area contributed by atoms with E-state index >= 15 is 0 Å². The van der Waals surface area contributed by atoms with Gasteiger partial charge < -0.3 is 9.88 Å². The van der Waals surface area contributed by atoms with Gasteiger partial charge in [-0.25, -0.2) is 13.4 Å². The van der Waals surface area contributed by atoms with E-state index in [1.54, 1.807) is 17.7 Å². The van der Waals surface area contributed by atoms with Crippen LogP contribution in [0.2, 0.25) is 0 Å². The first-order valence-corrected chi connectivity index (χ1v) is 11.2. The Kier molecular flexibility index (Phi) is 5.44. The predicted octanol–water partition coefficient (Wildman–Crippen LogP) is 2.32. The van der Waals surface area contributed by atoms with Crippen LogP contribution in [0.1, 0.15) is 27.4 Å². The van der Waals surface area contributed by atoms with Gasteiger partial charge in [0.25, 0.3) is 15.9 Å². The van der Waals surface area contributed by atoms with Gasteiger partial charge in [-0.1, -0.05) is 48.5 Å². The molecule has 1 saturated heterocycles. The number of nitrogens with zero attached hydrogens (tertiary/aromatic N) is 3. The normalized spacial score (nSPS) is 19.7. The van der Waals surface area contributed by atoms with Crippen molar-refractivity contribution in [3.63, 3.8) is 0 Å². The molecule has 0 aliphatic carbocycles. The molecule has 2 atom stereocenters. The van der Waals surface area contributed by atoms with E-state index in [1.807, 2.05) is 55.5 Å². The monoisotopic (exact) mass is 424 g/mol. The molecule has 4 rings (SSSR count). The van der Waals surface area contributed by atoms with Crippen molar-refractivity contribution in [1.29, 1.82) is 0 Å². The highest BCUT2D eigenvalue weighted by molar-refractivity contribution is 7.89. The highest BCUT2D eigenvalue weighted by atomic mass is 32.2. The molecule has 7 nitrogen and oxygen atoms in total. The zero-order valence-electron chi connectivity index (χ0n) is 16.9. The van der Waals surface area contributed by atoms with E-state index in [4.69, 9.17) is 0 Å². The SMILES string of the molecule is Cc1ccccc1C(=O)N[C@H]1CN(S(=O)(=O)c2cn(C)cn2)C[C@@H]1c1ccccc1. The molecule has 30 heavy (non-hydrogen) atoms. The minimum absolute atomic E-state index is 0.0164. The molecule has 1 amide bonds. The number of hydrogen-bond donors (Lipinski definition) is 1. The quantitative estimate of drug-likeness (QED) is 0.681. The van der Waals surface area contributed by atoms with Gasteiger partial charge in [-0.05, 0) is 24.1 Å². The summed E-state index contributed by atoms with van der Waals surface area (Å²) in [6, 6.07) is 16.7. The third kappa shape index (κ3) is 3.88. The molecule has 2 heterocycles. The van der Waals surface area contributed by atoms with Crippen LogP contribution in [0.25, 0.3) is 0 Å². The van der Waals surface area contributed by atoms with E-state index in [-0.39, 0.29) is 36.0 Å². The van der Waals surface area contributed by atoms with E-state index in [2.05, 4.69) is 10.3 Å². The number of amides is 1. The first kappa shape index (κ1) is 20.3. The molecule has 2 aromatic carbocycles. The summed E-state index contributed by atoms with van der Waals surface area (Å²) in [5, 5.41) is 3.09. The smallest absolute Gasteiger partial charge is 0.262 e. The molecule has 1 fully saturated rings. The van der Waals surface area contributed by atoms with Crippen molar-refractivity contribution < 1.29 is 13.2 Å². The highest BCUT2D eigenvalue weighted by Crippen LogP contribution is 2.31. The first-order chi connectivity index (χ1) is 14.4. The molecule has 1 aliphatic heterocycles. The molecule has 0 radical (unpaired) electrons. The number of hydrogen-bond acceptors (Lipinski definition) is 4. The zero-order chi connectivity index (χ0) is 21.3. The number of imidazole rings is 1. The Morgan fingerprint density at radius 1 is 1.07 bits per heavy atom. The van der Waals surface area contributed by atoms with Crippen molar-refractivity contribution in [1.82, 2.24) is 19.2 Å². The van der Waals surface area contributed by atoms with Crippen LogP contribution in [-0.4, -0.2) is 47.3 Å². The van der Waals surface area contributed by atoms with Gasteiger partial charge in [0.1, 0.15) is 0 Å². The van der Waals surface area contributed by atoms with Gasteiger partial charge in [-0.15, -0.1) is 0 Å². The fraction of sp³-hybridized carbons (Fsp3) is 0.273. The minimum atomic E-state index is -3.75. The van der Waals surface area contributed by atoms with Crippen molar-refractivity contribution in [2.45, 2.75) is 23.9 Å². The van der Waals surface area contributed by atoms with E-state index in [1.165, 1.54) is 16.8 Å². The van der Waals surface area contributed by atoms with Crippen LogP contribution in [0, 0.1) is 6.92 Å². The lowest BCUT2D eigenvalue weighted by molar-refractivity contribution is 0.0935. The summed E-state index contributed by atoms with van der Waals surface area (Å²) in [4.78, 5) is 17.0. The average molecular weight is 425 g/mol. The molecule has 156 valence electrons. The molecule has 1 N–H and O–H groups in total. The van der Waals surface area contributed by atoms with Crippen LogP contribution in [0.15, 0.2) is 72.1 Å². The van der Waals surface area contributed by atoms with Crippen molar-refractivity contribution in [3.05, 3.63) is 83.8 Å². The standard InChI is InChI=1S/C22H24N4O3S/c1-16-8-6-7-11-18(16)22(27)24-20-13-26(12-19(20)17-9-4-3-5-10-17)30(28,29)21-14-25(2)15-23-21/h3-11,14-15,19-20H,12-13H2,1-2H3,(H,24,27)/t19-,20+/m1/s1. The predicted molar refractivity (Wildman–Crippen MR) is 114 cm³/mol. The number of rotatable bonds is 5. The van der Waals surface area contributed by atoms with Crippen molar-refractivity contribution in [2.75, 3.05) is 13.1 Å². The number of carbonyl (C=O) groups excluding carboxylic acids is 1. The summed E-state index contributed by atoms with van der Waals surface area (Å²) in [6.45, 7) is 2.35. The Balaban J connectivity index is 1.63. The molecule has 1 aromatic heterocycles. The summed E-state index contributed by atoms with van der Waals surface area (Å²) in [5.41, 5.74) is 2.46. The zero-order valence-corrected chi connectivity index (χ0v) is 17.7. The second-order valence-electron chi connectivity index (χ2n) is 7.61. The average Bonchev–Trinajstić information content (AvgIpc) is 3.36. The van der Waals surface area contributed by atoms with Crippen molar-refractivity contribution in [2.24, 2.45) is 7.05 Å². The largest absolute Gasteiger partial charge is 0.347 e. The molecule has 0 bridgehead atoms. The lowest BCUT2D eigenvalue weighted by Gasteiger charge is -2.20. The van der Waals surface area contributed by atoms with E-state index < -0.39 is 10.0 Å². The van der Waals surface area contributed by atoms with Gasteiger partial charge in [0, 0.05) is 37.8 Å². The number of carbonyl (C=O) groups is 1. The molecule has 0 saturated carbocycles. The lowest BCUT2D eigenvalue weighted by Crippen LogP contribution is -2.40. The maximum Gasteiger partial charge on any atom is 0.262 e. The van der Waals surface area contributed by atoms with Crippen molar-refractivity contribution in [3.8, 4) is 0 Å². The van der Waals surface area contributed by atoms with Crippen LogP contribution in [-0.2, 0) is 17.1 Å². The van der Waals surface area contributed by atoms with Gasteiger partial charge in [-0.2, -0.15) is 4.31 Å². The summed E-state index contributed by atoms with van der Waals surface area (Å²) in [6.07, 6.45) is 2.96. The van der Waals surface area contributed by atoms with Gasteiger partial charge in [0.15, 0.2) is 5.03 Å². The summed E-state index contributed by atoms with van der Waals surface area (Å²) in [7, 11) is -2.02. The summed E-state index contributed by atoms with van der Waals surface area (Å²) in [5.74, 6) is -0.353. The maximum atomic E-state index is 13.1. The molecular formula is C22H24N4O3S.